The maximum Gasteiger partial charge on any atom is 0.250 e. The van der Waals surface area contributed by atoms with E-state index in [0.717, 1.165) is 26.3 Å². The van der Waals surface area contributed by atoms with Crippen LogP contribution in [-0.2, 0) is 11.3 Å². The molecule has 1 saturated carbocycles. The summed E-state index contributed by atoms with van der Waals surface area (Å²) >= 11 is 0. The van der Waals surface area contributed by atoms with Gasteiger partial charge in [0.05, 0.1) is 0 Å². The maximum absolute atomic E-state index is 12.6. The van der Waals surface area contributed by atoms with Crippen LogP contribution < -0.4 is 5.56 Å². The van der Waals surface area contributed by atoms with Crippen LogP contribution in [0.2, 0.25) is 0 Å². The summed E-state index contributed by atoms with van der Waals surface area (Å²) in [6.45, 7) is 5.08. The van der Waals surface area contributed by atoms with Gasteiger partial charge in [0.1, 0.15) is 0 Å². The Hall–Kier alpha value is -1.13. The third kappa shape index (κ3) is 3.05. The summed E-state index contributed by atoms with van der Waals surface area (Å²) in [5.74, 6) is 1.88. The average molecular weight is 357 g/mol. The fourth-order valence-corrected chi connectivity index (χ4v) is 6.19. The molecule has 142 valence electrons. The topological polar surface area (TPSA) is 34.5 Å². The SMILES string of the molecule is O=c1ccc(C2CCCCC2)c2n1C[C@H]1C[C@@H]2CN(C2CCOCC2)C1. The van der Waals surface area contributed by atoms with Crippen molar-refractivity contribution in [2.75, 3.05) is 26.3 Å². The minimum Gasteiger partial charge on any atom is -0.381 e. The fraction of sp³-hybridized carbons (Fsp3) is 0.773. The highest BCUT2D eigenvalue weighted by Gasteiger charge is 2.39. The molecule has 4 heterocycles. The Morgan fingerprint density at radius 2 is 1.69 bits per heavy atom. The summed E-state index contributed by atoms with van der Waals surface area (Å²) in [7, 11) is 0. The normalized spacial score (nSPS) is 30.9. The van der Waals surface area contributed by atoms with Crippen molar-refractivity contribution < 1.29 is 4.74 Å². The smallest absolute Gasteiger partial charge is 0.250 e. The van der Waals surface area contributed by atoms with Crippen molar-refractivity contribution >= 4 is 0 Å². The van der Waals surface area contributed by atoms with E-state index in [0.29, 0.717) is 23.8 Å². The molecule has 1 aromatic rings. The average Bonchev–Trinajstić information content (AvgIpc) is 2.70. The minimum absolute atomic E-state index is 0.230. The highest BCUT2D eigenvalue weighted by molar-refractivity contribution is 5.31. The van der Waals surface area contributed by atoms with Gasteiger partial charge in [0.25, 0.3) is 5.56 Å². The molecule has 0 amide bonds. The Balaban J connectivity index is 1.47. The second kappa shape index (κ2) is 7.12. The Morgan fingerprint density at radius 3 is 2.50 bits per heavy atom. The number of pyridine rings is 1. The number of nitrogens with zero attached hydrogens (tertiary/aromatic N) is 2. The van der Waals surface area contributed by atoms with E-state index in [4.69, 9.17) is 4.74 Å². The third-order valence-electron chi connectivity index (χ3n) is 7.40. The molecule has 2 bridgehead atoms. The third-order valence-corrected chi connectivity index (χ3v) is 7.40. The zero-order valence-electron chi connectivity index (χ0n) is 15.9. The van der Waals surface area contributed by atoms with Gasteiger partial charge in [-0.05, 0) is 49.5 Å². The standard InChI is InChI=1S/C22H32N2O2/c25-21-7-6-20(17-4-2-1-3-5-17)22-18-12-16(14-24(21)22)13-23(15-18)19-8-10-26-11-9-19/h6-7,16-19H,1-5,8-15H2/t16-,18+/m0/s1. The molecule has 0 aromatic carbocycles. The number of aromatic nitrogens is 1. The molecule has 4 nitrogen and oxygen atoms in total. The van der Waals surface area contributed by atoms with Crippen LogP contribution in [0.1, 0.15) is 74.5 Å². The van der Waals surface area contributed by atoms with Gasteiger partial charge in [0.15, 0.2) is 0 Å². The lowest BCUT2D eigenvalue weighted by Gasteiger charge is -2.47. The zero-order valence-corrected chi connectivity index (χ0v) is 15.9. The quantitative estimate of drug-likeness (QED) is 0.813. The lowest BCUT2D eigenvalue weighted by molar-refractivity contribution is 0.00563. The molecule has 0 N–H and O–H groups in total. The van der Waals surface area contributed by atoms with E-state index in [1.807, 2.05) is 6.07 Å². The van der Waals surface area contributed by atoms with Crippen molar-refractivity contribution in [2.45, 2.75) is 75.8 Å². The second-order valence-electron chi connectivity index (χ2n) is 9.05. The minimum atomic E-state index is 0.230. The first-order valence-corrected chi connectivity index (χ1v) is 10.8. The van der Waals surface area contributed by atoms with Gasteiger partial charge in [0, 0.05) is 56.6 Å². The predicted octanol–water partition coefficient (Wildman–Crippen LogP) is 3.49. The monoisotopic (exact) mass is 356 g/mol. The lowest BCUT2D eigenvalue weighted by atomic mass is 9.76. The second-order valence-corrected chi connectivity index (χ2v) is 9.05. The highest BCUT2D eigenvalue weighted by atomic mass is 16.5. The molecular formula is C22H32N2O2. The van der Waals surface area contributed by atoms with E-state index in [2.05, 4.69) is 15.5 Å². The molecule has 3 fully saturated rings. The van der Waals surface area contributed by atoms with Gasteiger partial charge in [0.2, 0.25) is 0 Å². The van der Waals surface area contributed by atoms with Gasteiger partial charge in [-0.25, -0.2) is 0 Å². The van der Waals surface area contributed by atoms with Crippen LogP contribution in [0.25, 0.3) is 0 Å². The van der Waals surface area contributed by atoms with Gasteiger partial charge >= 0.3 is 0 Å². The number of hydrogen-bond acceptors (Lipinski definition) is 3. The van der Waals surface area contributed by atoms with Crippen molar-refractivity contribution in [3.8, 4) is 0 Å². The van der Waals surface area contributed by atoms with E-state index < -0.39 is 0 Å². The van der Waals surface area contributed by atoms with Crippen LogP contribution in [0.15, 0.2) is 16.9 Å². The summed E-state index contributed by atoms with van der Waals surface area (Å²) in [6, 6.07) is 4.73. The number of ether oxygens (including phenoxy) is 1. The number of hydrogen-bond donors (Lipinski definition) is 0. The first kappa shape index (κ1) is 17.0. The molecule has 4 aliphatic rings. The van der Waals surface area contributed by atoms with E-state index in [1.54, 1.807) is 0 Å². The Morgan fingerprint density at radius 1 is 0.885 bits per heavy atom. The van der Waals surface area contributed by atoms with E-state index in [-0.39, 0.29) is 5.56 Å². The van der Waals surface area contributed by atoms with Gasteiger partial charge < -0.3 is 9.30 Å². The van der Waals surface area contributed by atoms with E-state index in [9.17, 15) is 4.79 Å². The summed E-state index contributed by atoms with van der Waals surface area (Å²) in [5.41, 5.74) is 3.16. The van der Waals surface area contributed by atoms with Gasteiger partial charge in [-0.15, -0.1) is 0 Å². The van der Waals surface area contributed by atoms with Gasteiger partial charge in [-0.1, -0.05) is 25.3 Å². The molecule has 3 aliphatic heterocycles. The van der Waals surface area contributed by atoms with Crippen LogP contribution in [0.5, 0.6) is 0 Å². The molecule has 0 radical (unpaired) electrons. The molecule has 0 spiro atoms. The van der Waals surface area contributed by atoms with Crippen LogP contribution in [-0.4, -0.2) is 41.8 Å². The Bertz CT molecular complexity index is 701. The number of rotatable bonds is 2. The van der Waals surface area contributed by atoms with Gasteiger partial charge in [-0.3, -0.25) is 9.69 Å². The summed E-state index contributed by atoms with van der Waals surface area (Å²) in [4.78, 5) is 15.4. The molecular weight excluding hydrogens is 324 g/mol. The molecule has 26 heavy (non-hydrogen) atoms. The Kier molecular flexibility index (Phi) is 4.66. The summed E-state index contributed by atoms with van der Waals surface area (Å²) in [5, 5.41) is 0. The zero-order chi connectivity index (χ0) is 17.5. The summed E-state index contributed by atoms with van der Waals surface area (Å²) in [6.07, 6.45) is 10.3. The predicted molar refractivity (Wildman–Crippen MR) is 103 cm³/mol. The number of likely N-dealkylation sites (tertiary alicyclic amines) is 1. The van der Waals surface area contributed by atoms with Crippen LogP contribution in [0, 0.1) is 5.92 Å². The first-order chi connectivity index (χ1) is 12.8. The van der Waals surface area contributed by atoms with E-state index in [1.165, 1.54) is 69.2 Å². The molecule has 1 aliphatic carbocycles. The molecule has 2 saturated heterocycles. The molecule has 0 unspecified atom stereocenters. The number of piperidine rings is 1. The maximum atomic E-state index is 12.6. The lowest BCUT2D eigenvalue weighted by Crippen LogP contribution is -2.52. The number of fused-ring (bicyclic) bond motifs is 4. The van der Waals surface area contributed by atoms with Gasteiger partial charge in [-0.2, -0.15) is 0 Å². The van der Waals surface area contributed by atoms with Crippen molar-refractivity contribution in [3.63, 3.8) is 0 Å². The molecule has 4 heteroatoms. The van der Waals surface area contributed by atoms with Crippen LogP contribution >= 0.6 is 0 Å². The van der Waals surface area contributed by atoms with Crippen molar-refractivity contribution in [2.24, 2.45) is 5.92 Å². The van der Waals surface area contributed by atoms with Crippen molar-refractivity contribution in [1.29, 1.82) is 0 Å². The summed E-state index contributed by atoms with van der Waals surface area (Å²) < 4.78 is 7.75. The molecule has 2 atom stereocenters. The highest BCUT2D eigenvalue weighted by Crippen LogP contribution is 2.42. The fourth-order valence-electron chi connectivity index (χ4n) is 6.19. The van der Waals surface area contributed by atoms with E-state index >= 15 is 0 Å². The molecule has 1 aromatic heterocycles. The molecule has 5 rings (SSSR count). The van der Waals surface area contributed by atoms with Crippen molar-refractivity contribution in [3.05, 3.63) is 33.7 Å². The van der Waals surface area contributed by atoms with Crippen LogP contribution in [0.4, 0.5) is 0 Å². The van der Waals surface area contributed by atoms with Crippen LogP contribution in [0.3, 0.4) is 0 Å². The first-order valence-electron chi connectivity index (χ1n) is 10.8. The largest absolute Gasteiger partial charge is 0.381 e. The van der Waals surface area contributed by atoms with Crippen molar-refractivity contribution in [1.82, 2.24) is 9.47 Å². The Labute approximate surface area is 156 Å².